The van der Waals surface area contributed by atoms with Crippen molar-refractivity contribution in [3.63, 3.8) is 0 Å². The number of rotatable bonds is 2. The summed E-state index contributed by atoms with van der Waals surface area (Å²) in [5.41, 5.74) is 0.0568. The molecule has 4 nitrogen and oxygen atoms in total. The van der Waals surface area contributed by atoms with E-state index in [2.05, 4.69) is 15.4 Å². The van der Waals surface area contributed by atoms with Gasteiger partial charge in [-0.05, 0) is 5.41 Å². The van der Waals surface area contributed by atoms with Crippen molar-refractivity contribution in [3.05, 3.63) is 34.9 Å². The molecule has 0 unspecified atom stereocenters. The zero-order valence-corrected chi connectivity index (χ0v) is 12.1. The molecule has 0 radical (unpaired) electrons. The Bertz CT molecular complexity index is 601. The molecule has 0 aliphatic carbocycles. The van der Waals surface area contributed by atoms with Crippen LogP contribution in [0.2, 0.25) is 5.02 Å². The van der Waals surface area contributed by atoms with Crippen LogP contribution in [0.5, 0.6) is 0 Å². The molecule has 0 aliphatic rings. The van der Waals surface area contributed by atoms with E-state index in [1.807, 2.05) is 20.8 Å². The minimum atomic E-state index is -0.429. The molecule has 0 aliphatic heterocycles. The minimum absolute atomic E-state index is 0.151. The third-order valence-corrected chi connectivity index (χ3v) is 3.08. The van der Waals surface area contributed by atoms with E-state index in [0.717, 1.165) is 0 Å². The van der Waals surface area contributed by atoms with Crippen LogP contribution in [-0.4, -0.2) is 14.8 Å². The second-order valence-electron chi connectivity index (χ2n) is 5.36. The highest BCUT2D eigenvalue weighted by Gasteiger charge is 2.25. The number of anilines is 2. The summed E-state index contributed by atoms with van der Waals surface area (Å²) in [6, 6.07) is 1.74. The number of nitrogens with one attached hydrogen (secondary N) is 1. The predicted molar refractivity (Wildman–Crippen MR) is 74.4 cm³/mol. The number of hydrogen-bond acceptors (Lipinski definition) is 3. The number of pyridine rings is 1. The zero-order valence-electron chi connectivity index (χ0n) is 11.3. The summed E-state index contributed by atoms with van der Waals surface area (Å²) >= 11 is 6.05. The van der Waals surface area contributed by atoms with E-state index in [1.54, 1.807) is 24.0 Å². The highest BCUT2D eigenvalue weighted by molar-refractivity contribution is 6.31. The first kappa shape index (κ1) is 13.8. The van der Waals surface area contributed by atoms with Crippen molar-refractivity contribution in [1.29, 1.82) is 0 Å². The summed E-state index contributed by atoms with van der Waals surface area (Å²) in [6.07, 6.45) is 3.09. The Morgan fingerprint density at radius 1 is 1.37 bits per heavy atom. The molecular formula is C13H16ClFN4. The highest BCUT2D eigenvalue weighted by Crippen LogP contribution is 2.34. The van der Waals surface area contributed by atoms with Crippen molar-refractivity contribution in [2.45, 2.75) is 26.2 Å². The van der Waals surface area contributed by atoms with Crippen LogP contribution >= 0.6 is 11.6 Å². The third-order valence-electron chi connectivity index (χ3n) is 2.79. The van der Waals surface area contributed by atoms with E-state index >= 15 is 0 Å². The van der Waals surface area contributed by atoms with Crippen LogP contribution in [0.1, 0.15) is 26.3 Å². The summed E-state index contributed by atoms with van der Waals surface area (Å²) in [7, 11) is 1.76. The maximum Gasteiger partial charge on any atom is 0.171 e. The van der Waals surface area contributed by atoms with Crippen LogP contribution in [0.3, 0.4) is 0 Å². The Morgan fingerprint density at radius 2 is 2.05 bits per heavy atom. The van der Waals surface area contributed by atoms with Crippen LogP contribution in [0.15, 0.2) is 18.5 Å². The molecule has 2 aromatic rings. The van der Waals surface area contributed by atoms with Gasteiger partial charge in [-0.25, -0.2) is 9.37 Å². The molecule has 6 heteroatoms. The van der Waals surface area contributed by atoms with E-state index in [9.17, 15) is 4.39 Å². The molecule has 0 fully saturated rings. The topological polar surface area (TPSA) is 42.7 Å². The Hall–Kier alpha value is -1.62. The summed E-state index contributed by atoms with van der Waals surface area (Å²) < 4.78 is 16.1. The first-order valence-electron chi connectivity index (χ1n) is 5.90. The number of halogens is 2. The molecule has 19 heavy (non-hydrogen) atoms. The normalized spacial score (nSPS) is 11.7. The van der Waals surface area contributed by atoms with Crippen molar-refractivity contribution < 1.29 is 4.39 Å². The molecule has 0 atom stereocenters. The van der Waals surface area contributed by atoms with Crippen molar-refractivity contribution in [1.82, 2.24) is 14.8 Å². The Kier molecular flexibility index (Phi) is 3.49. The average Bonchev–Trinajstić information content (AvgIpc) is 2.67. The quantitative estimate of drug-likeness (QED) is 0.914. The van der Waals surface area contributed by atoms with Gasteiger partial charge in [0.1, 0.15) is 5.82 Å². The summed E-state index contributed by atoms with van der Waals surface area (Å²) in [5, 5.41) is 7.26. The lowest BCUT2D eigenvalue weighted by atomic mass is 9.87. The van der Waals surface area contributed by atoms with Gasteiger partial charge in [0.25, 0.3) is 0 Å². The second kappa shape index (κ2) is 4.81. The molecule has 1 N–H and O–H groups in total. The average molecular weight is 283 g/mol. The predicted octanol–water partition coefficient (Wildman–Crippen LogP) is 3.65. The van der Waals surface area contributed by atoms with E-state index in [1.165, 1.54) is 6.20 Å². The number of nitrogens with zero attached hydrogens (tertiary/aromatic N) is 3. The number of aryl methyl sites for hydroxylation is 1. The molecule has 0 aromatic carbocycles. The van der Waals surface area contributed by atoms with Crippen molar-refractivity contribution in [2.24, 2.45) is 7.05 Å². The van der Waals surface area contributed by atoms with Gasteiger partial charge in [-0.2, -0.15) is 5.10 Å². The minimum Gasteiger partial charge on any atom is -0.323 e. The molecule has 0 amide bonds. The largest absolute Gasteiger partial charge is 0.323 e. The smallest absolute Gasteiger partial charge is 0.171 e. The van der Waals surface area contributed by atoms with Gasteiger partial charge >= 0.3 is 0 Å². The van der Waals surface area contributed by atoms with Gasteiger partial charge in [-0.15, -0.1) is 0 Å². The van der Waals surface area contributed by atoms with Crippen molar-refractivity contribution >= 4 is 23.2 Å². The van der Waals surface area contributed by atoms with Crippen LogP contribution in [-0.2, 0) is 12.5 Å². The van der Waals surface area contributed by atoms with Gasteiger partial charge < -0.3 is 5.32 Å². The molecule has 0 saturated carbocycles. The van der Waals surface area contributed by atoms with Gasteiger partial charge in [-0.1, -0.05) is 32.4 Å². The van der Waals surface area contributed by atoms with Crippen LogP contribution in [0.25, 0.3) is 0 Å². The summed E-state index contributed by atoms with van der Waals surface area (Å²) in [6.45, 7) is 5.72. The first-order chi connectivity index (χ1) is 8.80. The Morgan fingerprint density at radius 3 is 2.58 bits per heavy atom. The summed E-state index contributed by atoms with van der Waals surface area (Å²) in [5.74, 6) is 0.382. The lowest BCUT2D eigenvalue weighted by Gasteiger charge is -2.22. The zero-order chi connectivity index (χ0) is 14.2. The molecule has 2 rings (SSSR count). The van der Waals surface area contributed by atoms with Crippen molar-refractivity contribution in [2.75, 3.05) is 5.32 Å². The third kappa shape index (κ3) is 2.71. The lowest BCUT2D eigenvalue weighted by Crippen LogP contribution is -2.16. The fraction of sp³-hybridized carbons (Fsp3) is 0.385. The van der Waals surface area contributed by atoms with E-state index < -0.39 is 11.2 Å². The van der Waals surface area contributed by atoms with Gasteiger partial charge in [0.05, 0.1) is 11.2 Å². The second-order valence-corrected chi connectivity index (χ2v) is 5.77. The van der Waals surface area contributed by atoms with Crippen molar-refractivity contribution in [3.8, 4) is 0 Å². The van der Waals surface area contributed by atoms with Gasteiger partial charge in [0.2, 0.25) is 0 Å². The fourth-order valence-electron chi connectivity index (χ4n) is 1.86. The fourth-order valence-corrected chi connectivity index (χ4v) is 2.27. The van der Waals surface area contributed by atoms with E-state index in [4.69, 9.17) is 11.6 Å². The Balaban J connectivity index is 2.46. The highest BCUT2D eigenvalue weighted by atomic mass is 35.5. The monoisotopic (exact) mass is 282 g/mol. The van der Waals surface area contributed by atoms with Gasteiger partial charge in [-0.3, -0.25) is 4.68 Å². The SMILES string of the molecule is Cn1nccc1Nc1ncc(Cl)c(C(C)(C)C)c1F. The molecule has 0 spiro atoms. The maximum atomic E-state index is 14.5. The van der Waals surface area contributed by atoms with Crippen LogP contribution in [0, 0.1) is 5.82 Å². The lowest BCUT2D eigenvalue weighted by molar-refractivity contribution is 0.522. The molecule has 2 aromatic heterocycles. The molecule has 0 saturated heterocycles. The number of hydrogen-bond donors (Lipinski definition) is 1. The van der Waals surface area contributed by atoms with Gasteiger partial charge in [0, 0.05) is 24.9 Å². The molecule has 0 bridgehead atoms. The molecule has 102 valence electrons. The number of aromatic nitrogens is 3. The first-order valence-corrected chi connectivity index (χ1v) is 6.28. The maximum absolute atomic E-state index is 14.5. The Labute approximate surface area is 116 Å². The molecule has 2 heterocycles. The molecular weight excluding hydrogens is 267 g/mol. The standard InChI is InChI=1S/C13H16ClFN4/c1-13(2,3)10-8(14)7-16-12(11(10)15)18-9-5-6-17-19(9)4/h5-7H,1-4H3,(H,16,18). The van der Waals surface area contributed by atoms with E-state index in [0.29, 0.717) is 16.4 Å². The van der Waals surface area contributed by atoms with Gasteiger partial charge in [0.15, 0.2) is 11.6 Å². The van der Waals surface area contributed by atoms with Crippen LogP contribution < -0.4 is 5.32 Å². The summed E-state index contributed by atoms with van der Waals surface area (Å²) in [4.78, 5) is 4.01. The van der Waals surface area contributed by atoms with Crippen LogP contribution in [0.4, 0.5) is 16.0 Å². The van der Waals surface area contributed by atoms with E-state index in [-0.39, 0.29) is 5.82 Å².